The number of aromatic nitrogens is 2. The fourth-order valence-corrected chi connectivity index (χ4v) is 10.4. The summed E-state index contributed by atoms with van der Waals surface area (Å²) in [5, 5.41) is 4.98. The van der Waals surface area contributed by atoms with Crippen molar-refractivity contribution in [3.63, 3.8) is 0 Å². The van der Waals surface area contributed by atoms with E-state index in [1.165, 1.54) is 110 Å². The second kappa shape index (κ2) is 13.7. The highest BCUT2D eigenvalue weighted by molar-refractivity contribution is 6.12. The fourth-order valence-electron chi connectivity index (χ4n) is 10.4. The van der Waals surface area contributed by atoms with E-state index in [-0.39, 0.29) is 0 Å². The van der Waals surface area contributed by atoms with Gasteiger partial charge in [-0.25, -0.2) is 0 Å². The number of benzene rings is 10. The minimum atomic E-state index is 1.13. The smallest absolute Gasteiger partial charge is 0.0541 e. The molecule has 0 aliphatic heterocycles. The average molecular weight is 787 g/mol. The Morgan fingerprint density at radius 1 is 0.210 bits per heavy atom. The van der Waals surface area contributed by atoms with Crippen LogP contribution < -0.4 is 0 Å². The summed E-state index contributed by atoms with van der Waals surface area (Å²) in [5.41, 5.74) is 21.7. The van der Waals surface area contributed by atoms with Crippen molar-refractivity contribution in [1.82, 2.24) is 9.13 Å². The van der Waals surface area contributed by atoms with Crippen molar-refractivity contribution in [3.05, 3.63) is 231 Å². The zero-order valence-electron chi connectivity index (χ0n) is 33.8. The number of nitrogens with zero attached hydrogens (tertiary/aromatic N) is 2. The lowest BCUT2D eigenvalue weighted by molar-refractivity contribution is 1.18. The van der Waals surface area contributed by atoms with Crippen LogP contribution in [0.4, 0.5) is 0 Å². The molecular weight excluding hydrogens is 749 g/mol. The van der Waals surface area contributed by atoms with E-state index in [4.69, 9.17) is 0 Å². The Morgan fingerprint density at radius 3 is 1.24 bits per heavy atom. The van der Waals surface area contributed by atoms with Gasteiger partial charge >= 0.3 is 0 Å². The molecule has 2 nitrogen and oxygen atoms in total. The summed E-state index contributed by atoms with van der Waals surface area (Å²) < 4.78 is 4.85. The average Bonchev–Trinajstić information content (AvgIpc) is 3.86. The SMILES string of the molecule is c1ccc(-n2c3ccccc3c3cc(-c4cc(-c5cccc6c5-c5ccccc5-c5ccccc5-c5ccccc5-6)cc(-n5c6ccccc6c6ccccc65)c4)ccc32)cc1. The molecule has 13 rings (SSSR count). The number of fused-ring (bicyclic) bond motifs is 14. The molecule has 1 aliphatic rings. The van der Waals surface area contributed by atoms with Gasteiger partial charge < -0.3 is 9.13 Å². The third kappa shape index (κ3) is 5.17. The molecule has 10 aromatic carbocycles. The van der Waals surface area contributed by atoms with E-state index in [9.17, 15) is 0 Å². The summed E-state index contributed by atoms with van der Waals surface area (Å²) in [6, 6.07) is 85.1. The normalized spacial score (nSPS) is 11.9. The van der Waals surface area contributed by atoms with Crippen LogP contribution >= 0.6 is 0 Å². The summed E-state index contributed by atoms with van der Waals surface area (Å²) in [6.45, 7) is 0. The van der Waals surface area contributed by atoms with Gasteiger partial charge in [-0.3, -0.25) is 0 Å². The summed E-state index contributed by atoms with van der Waals surface area (Å²) in [6.07, 6.45) is 0. The lowest BCUT2D eigenvalue weighted by Crippen LogP contribution is -2.00. The number of hydrogen-bond acceptors (Lipinski definition) is 0. The van der Waals surface area contributed by atoms with Gasteiger partial charge in [-0.15, -0.1) is 0 Å². The lowest BCUT2D eigenvalue weighted by atomic mass is 9.78. The molecule has 0 spiro atoms. The van der Waals surface area contributed by atoms with Crippen molar-refractivity contribution in [1.29, 1.82) is 0 Å². The van der Waals surface area contributed by atoms with Crippen LogP contribution in [0.2, 0.25) is 0 Å². The van der Waals surface area contributed by atoms with Gasteiger partial charge in [-0.2, -0.15) is 0 Å². The maximum atomic E-state index is 2.46. The molecule has 0 N–H and O–H groups in total. The maximum Gasteiger partial charge on any atom is 0.0541 e. The number of hydrogen-bond donors (Lipinski definition) is 0. The Balaban J connectivity index is 1.12. The van der Waals surface area contributed by atoms with Crippen molar-refractivity contribution < 1.29 is 0 Å². The molecule has 0 saturated carbocycles. The molecule has 12 aromatic rings. The third-order valence-electron chi connectivity index (χ3n) is 13.1. The highest BCUT2D eigenvalue weighted by atomic mass is 15.0. The molecular formula is C60H38N2. The molecule has 0 atom stereocenters. The first-order chi connectivity index (χ1) is 30.8. The molecule has 2 heteroatoms. The zero-order valence-corrected chi connectivity index (χ0v) is 33.8. The second-order valence-corrected chi connectivity index (χ2v) is 16.4. The van der Waals surface area contributed by atoms with E-state index in [2.05, 4.69) is 240 Å². The minimum Gasteiger partial charge on any atom is -0.309 e. The maximum absolute atomic E-state index is 2.46. The summed E-state index contributed by atoms with van der Waals surface area (Å²) in [7, 11) is 0. The standard InChI is InChI=1S/C60H38N2/c1-2-17-42(18-3-1)61-58-32-15-12-26-52(58)55-38-39(33-34-59(55)61)40-35-41(37-43(36-40)62-56-30-13-10-24-50(56)51-25-11-14-31-57(51)62)44-28-16-29-54-49-22-7-6-21-47(49)45-19-4-5-20-46(45)48-23-8-9-27-53(48)60(44)54/h1-38H. The van der Waals surface area contributed by atoms with Crippen molar-refractivity contribution in [2.75, 3.05) is 0 Å². The topological polar surface area (TPSA) is 9.86 Å². The molecule has 62 heavy (non-hydrogen) atoms. The van der Waals surface area contributed by atoms with Crippen LogP contribution in [0.1, 0.15) is 0 Å². The van der Waals surface area contributed by atoms with E-state index < -0.39 is 0 Å². The predicted molar refractivity (Wildman–Crippen MR) is 261 cm³/mol. The molecule has 2 aromatic heterocycles. The third-order valence-corrected chi connectivity index (χ3v) is 13.1. The Hall–Kier alpha value is -8.20. The van der Waals surface area contributed by atoms with Gasteiger partial charge in [-0.05, 0) is 127 Å². The number of rotatable bonds is 4. The minimum absolute atomic E-state index is 1.13. The van der Waals surface area contributed by atoms with Crippen molar-refractivity contribution in [2.24, 2.45) is 0 Å². The van der Waals surface area contributed by atoms with Gasteiger partial charge in [0, 0.05) is 32.9 Å². The summed E-state index contributed by atoms with van der Waals surface area (Å²) >= 11 is 0. The molecule has 0 unspecified atom stereocenters. The Labute approximate surface area is 359 Å². The van der Waals surface area contributed by atoms with Crippen LogP contribution in [0.25, 0.3) is 122 Å². The molecule has 288 valence electrons. The Kier molecular flexibility index (Phi) is 7.64. The predicted octanol–water partition coefficient (Wildman–Crippen LogP) is 16.2. The van der Waals surface area contributed by atoms with E-state index in [1.54, 1.807) is 0 Å². The molecule has 1 aliphatic carbocycles. The van der Waals surface area contributed by atoms with E-state index in [0.29, 0.717) is 0 Å². The largest absolute Gasteiger partial charge is 0.309 e. The molecule has 0 amide bonds. The lowest BCUT2D eigenvalue weighted by Gasteiger charge is -2.25. The summed E-state index contributed by atoms with van der Waals surface area (Å²) in [4.78, 5) is 0. The monoisotopic (exact) mass is 786 g/mol. The first kappa shape index (κ1) is 34.6. The van der Waals surface area contributed by atoms with Gasteiger partial charge in [0.2, 0.25) is 0 Å². The second-order valence-electron chi connectivity index (χ2n) is 16.4. The summed E-state index contributed by atoms with van der Waals surface area (Å²) in [5.74, 6) is 0. The Morgan fingerprint density at radius 2 is 0.629 bits per heavy atom. The first-order valence-electron chi connectivity index (χ1n) is 21.4. The van der Waals surface area contributed by atoms with Crippen LogP contribution in [0.5, 0.6) is 0 Å². The fraction of sp³-hybridized carbons (Fsp3) is 0. The van der Waals surface area contributed by atoms with Gasteiger partial charge in [0.1, 0.15) is 0 Å². The van der Waals surface area contributed by atoms with Crippen molar-refractivity contribution >= 4 is 43.6 Å². The van der Waals surface area contributed by atoms with Crippen LogP contribution in [0.15, 0.2) is 231 Å². The van der Waals surface area contributed by atoms with Gasteiger partial charge in [0.05, 0.1) is 22.1 Å². The molecule has 0 fully saturated rings. The molecule has 2 heterocycles. The van der Waals surface area contributed by atoms with Crippen LogP contribution in [0, 0.1) is 0 Å². The molecule has 0 saturated heterocycles. The van der Waals surface area contributed by atoms with E-state index in [0.717, 1.165) is 11.4 Å². The molecule has 0 radical (unpaired) electrons. The van der Waals surface area contributed by atoms with Crippen molar-refractivity contribution in [3.8, 4) is 78.1 Å². The van der Waals surface area contributed by atoms with E-state index in [1.807, 2.05) is 0 Å². The highest BCUT2D eigenvalue weighted by Crippen LogP contribution is 2.51. The first-order valence-corrected chi connectivity index (χ1v) is 21.4. The molecule has 0 bridgehead atoms. The van der Waals surface area contributed by atoms with Crippen LogP contribution in [-0.4, -0.2) is 9.13 Å². The van der Waals surface area contributed by atoms with Gasteiger partial charge in [0.15, 0.2) is 0 Å². The van der Waals surface area contributed by atoms with Crippen LogP contribution in [-0.2, 0) is 0 Å². The van der Waals surface area contributed by atoms with Crippen molar-refractivity contribution in [2.45, 2.75) is 0 Å². The van der Waals surface area contributed by atoms with Crippen LogP contribution in [0.3, 0.4) is 0 Å². The Bertz CT molecular complexity index is 3690. The highest BCUT2D eigenvalue weighted by Gasteiger charge is 2.25. The van der Waals surface area contributed by atoms with Gasteiger partial charge in [-0.1, -0.05) is 170 Å². The van der Waals surface area contributed by atoms with E-state index >= 15 is 0 Å². The number of para-hydroxylation sites is 4. The zero-order chi connectivity index (χ0) is 40.7. The quantitative estimate of drug-likeness (QED) is 0.168. The van der Waals surface area contributed by atoms with Gasteiger partial charge in [0.25, 0.3) is 0 Å².